The van der Waals surface area contributed by atoms with E-state index in [1.54, 1.807) is 12.1 Å². The Morgan fingerprint density at radius 2 is 2.07 bits per heavy atom. The van der Waals surface area contributed by atoms with E-state index in [0.29, 0.717) is 12.0 Å². The van der Waals surface area contributed by atoms with E-state index in [2.05, 4.69) is 5.32 Å². The fourth-order valence-corrected chi connectivity index (χ4v) is 1.16. The second-order valence-corrected chi connectivity index (χ2v) is 3.03. The van der Waals surface area contributed by atoms with Crippen molar-refractivity contribution < 1.29 is 19.8 Å². The summed E-state index contributed by atoms with van der Waals surface area (Å²) in [6.07, 6.45) is 0.447. The van der Waals surface area contributed by atoms with Crippen molar-refractivity contribution in [2.45, 2.75) is 12.5 Å². The van der Waals surface area contributed by atoms with Crippen LogP contribution in [0.5, 0.6) is 5.75 Å². The first kappa shape index (κ1) is 11.0. The first-order chi connectivity index (χ1) is 7.13. The smallest absolute Gasteiger partial charge is 0.207 e. The van der Waals surface area contributed by atoms with E-state index in [4.69, 9.17) is 5.11 Å². The van der Waals surface area contributed by atoms with Crippen LogP contribution in [0, 0.1) is 0 Å². The summed E-state index contributed by atoms with van der Waals surface area (Å²) in [6, 6.07) is 5.01. The zero-order valence-electron chi connectivity index (χ0n) is 7.84. The lowest BCUT2D eigenvalue weighted by Crippen LogP contribution is -2.46. The minimum absolute atomic E-state index is 0.104. The molecule has 0 aliphatic rings. The molecule has 0 fully saturated rings. The lowest BCUT2D eigenvalue weighted by Gasteiger charge is -2.16. The monoisotopic (exact) mass is 208 g/mol. The average Bonchev–Trinajstić information content (AvgIpc) is 2.20. The van der Waals surface area contributed by atoms with Crippen molar-refractivity contribution in [3.8, 4) is 5.75 Å². The summed E-state index contributed by atoms with van der Waals surface area (Å²) in [5, 5.41) is 21.7. The highest BCUT2D eigenvalue weighted by molar-refractivity contribution is 5.74. The maximum absolute atomic E-state index is 10.6. The number of hydrogen-bond acceptors (Lipinski definition) is 4. The third-order valence-electron chi connectivity index (χ3n) is 1.93. The highest BCUT2D eigenvalue weighted by Gasteiger charge is 2.09. The van der Waals surface area contributed by atoms with Gasteiger partial charge in [-0.1, -0.05) is 12.1 Å². The van der Waals surface area contributed by atoms with Crippen molar-refractivity contribution in [3.63, 3.8) is 0 Å². The van der Waals surface area contributed by atoms with Gasteiger partial charge in [0.1, 0.15) is 5.75 Å². The van der Waals surface area contributed by atoms with Crippen molar-refractivity contribution >= 4 is 12.4 Å². The molecule has 0 saturated heterocycles. The van der Waals surface area contributed by atoms with E-state index in [9.17, 15) is 14.7 Å². The number of phenols is 1. The van der Waals surface area contributed by atoms with Gasteiger partial charge in [0.05, 0.1) is 12.0 Å². The molecule has 0 spiro atoms. The molecule has 0 heterocycles. The Kier molecular flexibility index (Phi) is 3.68. The van der Waals surface area contributed by atoms with Gasteiger partial charge in [-0.2, -0.15) is 0 Å². The highest BCUT2D eigenvalue weighted by Crippen LogP contribution is 2.10. The maximum Gasteiger partial charge on any atom is 0.207 e. The van der Waals surface area contributed by atoms with Crippen LogP contribution in [-0.4, -0.2) is 23.5 Å². The molecule has 0 unspecified atom stereocenters. The van der Waals surface area contributed by atoms with Crippen LogP contribution in [0.15, 0.2) is 24.3 Å². The number of carboxylic acid groups (broad SMARTS) is 1. The number of carbonyl (C=O) groups excluding carboxylic acids is 2. The van der Waals surface area contributed by atoms with Crippen LogP contribution in [-0.2, 0) is 16.0 Å². The molecule has 0 aliphatic heterocycles. The van der Waals surface area contributed by atoms with Gasteiger partial charge < -0.3 is 20.3 Å². The van der Waals surface area contributed by atoms with E-state index >= 15 is 0 Å². The van der Waals surface area contributed by atoms with Crippen molar-refractivity contribution in [2.24, 2.45) is 0 Å². The van der Waals surface area contributed by atoms with E-state index in [1.165, 1.54) is 12.1 Å². The van der Waals surface area contributed by atoms with Crippen LogP contribution >= 0.6 is 0 Å². The fourth-order valence-electron chi connectivity index (χ4n) is 1.16. The molecule has 15 heavy (non-hydrogen) atoms. The second-order valence-electron chi connectivity index (χ2n) is 3.03. The Labute approximate surface area is 86.4 Å². The Hall–Kier alpha value is -2.04. The Morgan fingerprint density at radius 1 is 1.47 bits per heavy atom. The average molecular weight is 208 g/mol. The van der Waals surface area contributed by atoms with Gasteiger partial charge in [-0.15, -0.1) is 0 Å². The normalized spacial score (nSPS) is 11.7. The zero-order valence-corrected chi connectivity index (χ0v) is 7.84. The number of carboxylic acids is 1. The van der Waals surface area contributed by atoms with Gasteiger partial charge >= 0.3 is 0 Å². The molecule has 0 aromatic heterocycles. The number of nitrogens with one attached hydrogen (secondary N) is 1. The number of phenolic OH excluding ortho intramolecular Hbond substituents is 1. The van der Waals surface area contributed by atoms with Crippen molar-refractivity contribution in [2.75, 3.05) is 0 Å². The van der Waals surface area contributed by atoms with E-state index in [-0.39, 0.29) is 12.2 Å². The number of hydrogen-bond donors (Lipinski definition) is 2. The first-order valence-corrected chi connectivity index (χ1v) is 4.32. The molecular formula is C10H10NO4-. The Balaban J connectivity index is 2.69. The molecule has 0 bridgehead atoms. The third kappa shape index (κ3) is 3.30. The van der Waals surface area contributed by atoms with Crippen molar-refractivity contribution in [3.05, 3.63) is 29.8 Å². The summed E-state index contributed by atoms with van der Waals surface area (Å²) >= 11 is 0. The molecule has 0 radical (unpaired) electrons. The van der Waals surface area contributed by atoms with Gasteiger partial charge in [-0.25, -0.2) is 0 Å². The molecule has 1 rings (SSSR count). The van der Waals surface area contributed by atoms with Crippen molar-refractivity contribution in [1.29, 1.82) is 0 Å². The topological polar surface area (TPSA) is 89.5 Å². The summed E-state index contributed by atoms with van der Waals surface area (Å²) < 4.78 is 0. The van der Waals surface area contributed by atoms with Crippen LogP contribution in [0.2, 0.25) is 0 Å². The largest absolute Gasteiger partial charge is 0.548 e. The van der Waals surface area contributed by atoms with E-state index in [1.807, 2.05) is 0 Å². The van der Waals surface area contributed by atoms with Crippen molar-refractivity contribution in [1.82, 2.24) is 5.32 Å². The lowest BCUT2D eigenvalue weighted by molar-refractivity contribution is -0.308. The van der Waals surface area contributed by atoms with Gasteiger partial charge in [-0.3, -0.25) is 4.79 Å². The molecule has 2 N–H and O–H groups in total. The number of aromatic hydroxyl groups is 1. The maximum atomic E-state index is 10.6. The number of aliphatic carboxylic acids is 1. The SMILES string of the molecule is O=CN[C@H](Cc1ccc(O)cc1)C(=O)[O-]. The molecule has 0 saturated carbocycles. The molecule has 1 aromatic rings. The molecule has 5 nitrogen and oxygen atoms in total. The predicted molar refractivity (Wildman–Crippen MR) is 49.8 cm³/mol. The minimum atomic E-state index is -1.34. The van der Waals surface area contributed by atoms with Crippen LogP contribution in [0.4, 0.5) is 0 Å². The lowest BCUT2D eigenvalue weighted by atomic mass is 10.1. The fraction of sp³-hybridized carbons (Fsp3) is 0.200. The summed E-state index contributed by atoms with van der Waals surface area (Å²) in [7, 11) is 0. The standard InChI is InChI=1S/C10H11NO4/c12-6-11-9(10(14)15)5-7-1-3-8(13)4-2-7/h1-4,6,9,13H,5H2,(H,11,12)(H,14,15)/p-1/t9-/m1/s1. The van der Waals surface area contributed by atoms with E-state index < -0.39 is 12.0 Å². The molecule has 1 amide bonds. The molecule has 0 aliphatic carbocycles. The van der Waals surface area contributed by atoms with Crippen LogP contribution in [0.25, 0.3) is 0 Å². The van der Waals surface area contributed by atoms with Crippen LogP contribution < -0.4 is 10.4 Å². The number of benzene rings is 1. The predicted octanol–water partition coefficient (Wildman–Crippen LogP) is -1.20. The summed E-state index contributed by atoms with van der Waals surface area (Å²) in [4.78, 5) is 20.7. The zero-order chi connectivity index (χ0) is 11.3. The van der Waals surface area contributed by atoms with Crippen LogP contribution in [0.3, 0.4) is 0 Å². The van der Waals surface area contributed by atoms with Gasteiger partial charge in [0.2, 0.25) is 6.41 Å². The highest BCUT2D eigenvalue weighted by atomic mass is 16.4. The summed E-state index contributed by atoms with van der Waals surface area (Å²) in [6.45, 7) is 0. The van der Waals surface area contributed by atoms with Gasteiger partial charge in [-0.05, 0) is 24.1 Å². The Morgan fingerprint density at radius 3 is 2.53 bits per heavy atom. The second kappa shape index (κ2) is 4.99. The third-order valence-corrected chi connectivity index (χ3v) is 1.93. The Bertz CT molecular complexity index is 347. The number of carbonyl (C=O) groups is 2. The molecule has 1 aromatic carbocycles. The molecule has 80 valence electrons. The minimum Gasteiger partial charge on any atom is -0.548 e. The summed E-state index contributed by atoms with van der Waals surface area (Å²) in [5.41, 5.74) is 0.691. The molecule has 5 heteroatoms. The molecule has 1 atom stereocenters. The number of rotatable bonds is 5. The quantitative estimate of drug-likeness (QED) is 0.595. The van der Waals surface area contributed by atoms with Gasteiger partial charge in [0, 0.05) is 0 Å². The van der Waals surface area contributed by atoms with Crippen LogP contribution in [0.1, 0.15) is 5.56 Å². The summed E-state index contributed by atoms with van der Waals surface area (Å²) in [5.74, 6) is -1.23. The van der Waals surface area contributed by atoms with E-state index in [0.717, 1.165) is 0 Å². The first-order valence-electron chi connectivity index (χ1n) is 4.32. The van der Waals surface area contributed by atoms with Gasteiger partial charge in [0.15, 0.2) is 0 Å². The molecular weight excluding hydrogens is 198 g/mol. The number of amides is 1. The van der Waals surface area contributed by atoms with Gasteiger partial charge in [0.25, 0.3) is 0 Å².